The molecule has 2 N–H and O–H groups in total. The van der Waals surface area contributed by atoms with Crippen LogP contribution in [0, 0.1) is 0 Å². The van der Waals surface area contributed by atoms with Gasteiger partial charge in [-0.25, -0.2) is 5.43 Å². The first-order valence-electron chi connectivity index (χ1n) is 7.12. The van der Waals surface area contributed by atoms with E-state index < -0.39 is 24.3 Å². The fourth-order valence-corrected chi connectivity index (χ4v) is 2.30. The van der Waals surface area contributed by atoms with Crippen molar-refractivity contribution >= 4 is 23.9 Å². The number of hydrogen-bond acceptors (Lipinski definition) is 5. The van der Waals surface area contributed by atoms with E-state index in [0.717, 1.165) is 4.90 Å². The van der Waals surface area contributed by atoms with Crippen molar-refractivity contribution in [3.8, 4) is 5.75 Å². The zero-order valence-electron chi connectivity index (χ0n) is 12.5. The summed E-state index contributed by atoms with van der Waals surface area (Å²) in [5, 5.41) is 12.9. The van der Waals surface area contributed by atoms with E-state index in [1.807, 2.05) is 0 Å². The van der Waals surface area contributed by atoms with Gasteiger partial charge in [0.05, 0.1) is 17.3 Å². The molecule has 0 aliphatic carbocycles. The molecular formula is C17H13N3O4. The van der Waals surface area contributed by atoms with Crippen LogP contribution in [0.2, 0.25) is 0 Å². The molecule has 0 bridgehead atoms. The van der Waals surface area contributed by atoms with Crippen molar-refractivity contribution in [3.63, 3.8) is 0 Å². The first kappa shape index (κ1) is 15.4. The summed E-state index contributed by atoms with van der Waals surface area (Å²) in [5.74, 6) is -1.44. The smallest absolute Gasteiger partial charge is 0.262 e. The predicted molar refractivity (Wildman–Crippen MR) is 85.7 cm³/mol. The van der Waals surface area contributed by atoms with Crippen molar-refractivity contribution < 1.29 is 19.5 Å². The third-order valence-corrected chi connectivity index (χ3v) is 3.48. The highest BCUT2D eigenvalue weighted by atomic mass is 16.3. The molecule has 2 aromatic rings. The number of nitrogens with one attached hydrogen (secondary N) is 1. The average molecular weight is 323 g/mol. The highest BCUT2D eigenvalue weighted by Crippen LogP contribution is 2.21. The van der Waals surface area contributed by atoms with Crippen LogP contribution in [-0.2, 0) is 4.79 Å². The van der Waals surface area contributed by atoms with E-state index in [4.69, 9.17) is 0 Å². The summed E-state index contributed by atoms with van der Waals surface area (Å²) in [6.45, 7) is -0.404. The van der Waals surface area contributed by atoms with Gasteiger partial charge < -0.3 is 5.11 Å². The largest absolute Gasteiger partial charge is 0.508 e. The van der Waals surface area contributed by atoms with Crippen LogP contribution >= 0.6 is 0 Å². The molecule has 7 nitrogen and oxygen atoms in total. The summed E-state index contributed by atoms with van der Waals surface area (Å²) >= 11 is 0. The number of carbonyl (C=O) groups excluding carboxylic acids is 3. The van der Waals surface area contributed by atoms with Gasteiger partial charge in [-0.1, -0.05) is 12.1 Å². The third kappa shape index (κ3) is 3.00. The normalized spacial score (nSPS) is 13.4. The summed E-state index contributed by atoms with van der Waals surface area (Å²) in [7, 11) is 0. The van der Waals surface area contributed by atoms with Crippen LogP contribution in [-0.4, -0.2) is 40.5 Å². The minimum atomic E-state index is -0.584. The number of rotatable bonds is 4. The Morgan fingerprint density at radius 3 is 2.21 bits per heavy atom. The Morgan fingerprint density at radius 1 is 1.04 bits per heavy atom. The monoisotopic (exact) mass is 323 g/mol. The van der Waals surface area contributed by atoms with E-state index in [1.54, 1.807) is 36.4 Å². The predicted octanol–water partition coefficient (Wildman–Crippen LogP) is 1.14. The van der Waals surface area contributed by atoms with Crippen molar-refractivity contribution in [3.05, 3.63) is 65.2 Å². The zero-order chi connectivity index (χ0) is 17.1. The molecule has 0 aromatic heterocycles. The van der Waals surface area contributed by atoms with Crippen molar-refractivity contribution in [1.29, 1.82) is 0 Å². The van der Waals surface area contributed by atoms with Crippen LogP contribution in [0.5, 0.6) is 5.75 Å². The van der Waals surface area contributed by atoms with Gasteiger partial charge in [0, 0.05) is 0 Å². The summed E-state index contributed by atoms with van der Waals surface area (Å²) < 4.78 is 0. The maximum atomic E-state index is 12.1. The Balaban J connectivity index is 1.61. The molecule has 0 fully saturated rings. The first-order valence-corrected chi connectivity index (χ1v) is 7.12. The summed E-state index contributed by atoms with van der Waals surface area (Å²) in [5.41, 5.74) is 3.53. The van der Waals surface area contributed by atoms with Crippen molar-refractivity contribution in [1.82, 2.24) is 10.3 Å². The van der Waals surface area contributed by atoms with E-state index >= 15 is 0 Å². The zero-order valence-corrected chi connectivity index (χ0v) is 12.5. The molecule has 7 heteroatoms. The van der Waals surface area contributed by atoms with E-state index in [1.165, 1.54) is 18.3 Å². The second-order valence-corrected chi connectivity index (χ2v) is 5.13. The van der Waals surface area contributed by atoms with Crippen LogP contribution in [0.4, 0.5) is 0 Å². The third-order valence-electron chi connectivity index (χ3n) is 3.48. The molecule has 2 aromatic carbocycles. The van der Waals surface area contributed by atoms with Crippen LogP contribution in [0.1, 0.15) is 26.3 Å². The van der Waals surface area contributed by atoms with Crippen LogP contribution in [0.3, 0.4) is 0 Å². The van der Waals surface area contributed by atoms with Crippen LogP contribution < -0.4 is 5.43 Å². The molecule has 0 saturated carbocycles. The quantitative estimate of drug-likeness (QED) is 0.501. The van der Waals surface area contributed by atoms with Gasteiger partial charge in [-0.15, -0.1) is 0 Å². The number of imide groups is 1. The number of phenolic OH excluding ortho intramolecular Hbond substituents is 1. The second-order valence-electron chi connectivity index (χ2n) is 5.13. The Labute approximate surface area is 137 Å². The van der Waals surface area contributed by atoms with Crippen LogP contribution in [0.15, 0.2) is 53.6 Å². The number of hydrazone groups is 1. The van der Waals surface area contributed by atoms with Gasteiger partial charge in [0.15, 0.2) is 0 Å². The number of hydrogen-bond donors (Lipinski definition) is 2. The molecule has 3 rings (SSSR count). The van der Waals surface area contributed by atoms with E-state index in [9.17, 15) is 19.5 Å². The standard InChI is InChI=1S/C17H13N3O4/c21-12-7-5-11(6-8-12)9-18-19-15(22)10-20-16(23)13-3-1-2-4-14(13)17(20)24/h1-9,21H,10H2,(H,19,22)/b18-9+. The molecule has 120 valence electrons. The molecule has 0 saturated heterocycles. The highest BCUT2D eigenvalue weighted by molar-refractivity contribution is 6.22. The minimum absolute atomic E-state index is 0.127. The number of nitrogens with zero attached hydrogens (tertiary/aromatic N) is 2. The van der Waals surface area contributed by atoms with Gasteiger partial charge in [-0.2, -0.15) is 5.10 Å². The summed E-state index contributed by atoms with van der Waals surface area (Å²) in [6.07, 6.45) is 1.39. The van der Waals surface area contributed by atoms with Gasteiger partial charge in [0.2, 0.25) is 0 Å². The van der Waals surface area contributed by atoms with Crippen LogP contribution in [0.25, 0.3) is 0 Å². The molecule has 1 heterocycles. The molecular weight excluding hydrogens is 310 g/mol. The number of benzene rings is 2. The lowest BCUT2D eigenvalue weighted by Gasteiger charge is -2.11. The molecule has 0 radical (unpaired) electrons. The van der Waals surface area contributed by atoms with E-state index in [-0.39, 0.29) is 5.75 Å². The molecule has 0 spiro atoms. The van der Waals surface area contributed by atoms with Crippen molar-refractivity contribution in [2.45, 2.75) is 0 Å². The van der Waals surface area contributed by atoms with E-state index in [2.05, 4.69) is 10.5 Å². The molecule has 0 atom stereocenters. The lowest BCUT2D eigenvalue weighted by molar-refractivity contribution is -0.121. The Kier molecular flexibility index (Phi) is 4.07. The molecule has 0 unspecified atom stereocenters. The molecule has 24 heavy (non-hydrogen) atoms. The maximum Gasteiger partial charge on any atom is 0.262 e. The topological polar surface area (TPSA) is 99.1 Å². The SMILES string of the molecule is O=C(CN1C(=O)c2ccccc2C1=O)N/N=C/c1ccc(O)cc1. The Hall–Kier alpha value is -3.48. The summed E-state index contributed by atoms with van der Waals surface area (Å²) in [4.78, 5) is 37.0. The first-order chi connectivity index (χ1) is 11.6. The fraction of sp³-hybridized carbons (Fsp3) is 0.0588. The summed E-state index contributed by atoms with van der Waals surface area (Å²) in [6, 6.07) is 12.6. The van der Waals surface area contributed by atoms with Crippen molar-refractivity contribution in [2.24, 2.45) is 5.10 Å². The number of amides is 3. The minimum Gasteiger partial charge on any atom is -0.508 e. The van der Waals surface area contributed by atoms with E-state index in [0.29, 0.717) is 16.7 Å². The lowest BCUT2D eigenvalue weighted by atomic mass is 10.1. The highest BCUT2D eigenvalue weighted by Gasteiger charge is 2.36. The lowest BCUT2D eigenvalue weighted by Crippen LogP contribution is -2.38. The molecule has 1 aliphatic heterocycles. The Morgan fingerprint density at radius 2 is 1.62 bits per heavy atom. The number of fused-ring (bicyclic) bond motifs is 1. The average Bonchev–Trinajstić information content (AvgIpc) is 2.82. The van der Waals surface area contributed by atoms with Gasteiger partial charge in [-0.3, -0.25) is 19.3 Å². The Bertz CT molecular complexity index is 808. The fourth-order valence-electron chi connectivity index (χ4n) is 2.30. The maximum absolute atomic E-state index is 12.1. The number of carbonyl (C=O) groups is 3. The van der Waals surface area contributed by atoms with Gasteiger partial charge in [0.1, 0.15) is 12.3 Å². The van der Waals surface area contributed by atoms with Gasteiger partial charge >= 0.3 is 0 Å². The second kappa shape index (κ2) is 6.33. The van der Waals surface area contributed by atoms with Crippen molar-refractivity contribution in [2.75, 3.05) is 6.54 Å². The van der Waals surface area contributed by atoms with Gasteiger partial charge in [-0.05, 0) is 42.0 Å². The van der Waals surface area contributed by atoms with Gasteiger partial charge in [0.25, 0.3) is 17.7 Å². The number of phenols is 1. The number of aromatic hydroxyl groups is 1. The molecule has 1 aliphatic rings. The molecule has 3 amide bonds.